The number of hydrogen-bond donors (Lipinski definition) is 1. The number of rotatable bonds is 4. The van der Waals surface area contributed by atoms with Crippen LogP contribution < -0.4 is 5.32 Å². The van der Waals surface area contributed by atoms with Crippen molar-refractivity contribution in [1.82, 2.24) is 4.98 Å². The number of aryl methyl sites for hydroxylation is 1. The lowest BCUT2D eigenvalue weighted by molar-refractivity contribution is -0.465. The number of pyridine rings is 1. The van der Waals surface area contributed by atoms with E-state index in [0.717, 1.165) is 5.69 Å². The highest BCUT2D eigenvalue weighted by molar-refractivity contribution is 6.01. The first kappa shape index (κ1) is 11.1. The van der Waals surface area contributed by atoms with Crippen molar-refractivity contribution in [3.63, 3.8) is 0 Å². The molecule has 15 heavy (non-hydrogen) atoms. The molecule has 1 rings (SSSR count). The maximum atomic E-state index is 11.4. The Balaban J connectivity index is 3.02. The smallest absolute Gasteiger partial charge is 0.265 e. The molecule has 1 heterocycles. The van der Waals surface area contributed by atoms with Gasteiger partial charge >= 0.3 is 0 Å². The first-order valence-electron chi connectivity index (χ1n) is 4.35. The SMILES string of the molecule is CNc1nc(C)ccc1C(=O)C[N+](=O)[O-]. The van der Waals surface area contributed by atoms with Crippen LogP contribution in [0.3, 0.4) is 0 Å². The molecule has 0 radical (unpaired) electrons. The van der Waals surface area contributed by atoms with Gasteiger partial charge in [0.05, 0.1) is 5.56 Å². The number of nitrogens with one attached hydrogen (secondary N) is 1. The van der Waals surface area contributed by atoms with Crippen molar-refractivity contribution in [1.29, 1.82) is 0 Å². The number of carbonyl (C=O) groups is 1. The van der Waals surface area contributed by atoms with Crippen molar-refractivity contribution in [3.05, 3.63) is 33.5 Å². The Bertz CT molecular complexity index is 404. The fourth-order valence-electron chi connectivity index (χ4n) is 1.17. The Morgan fingerprint density at radius 2 is 2.27 bits per heavy atom. The fraction of sp³-hybridized carbons (Fsp3) is 0.333. The van der Waals surface area contributed by atoms with Gasteiger partial charge < -0.3 is 5.32 Å². The summed E-state index contributed by atoms with van der Waals surface area (Å²) in [5.74, 6) is -0.168. The van der Waals surface area contributed by atoms with Gasteiger partial charge in [-0.25, -0.2) is 4.98 Å². The second-order valence-electron chi connectivity index (χ2n) is 3.01. The molecule has 80 valence electrons. The number of ketones is 1. The number of aromatic nitrogens is 1. The third-order valence-electron chi connectivity index (χ3n) is 1.84. The summed E-state index contributed by atoms with van der Waals surface area (Å²) in [6.07, 6.45) is 0. The van der Waals surface area contributed by atoms with E-state index in [9.17, 15) is 14.9 Å². The lowest BCUT2D eigenvalue weighted by Gasteiger charge is -2.05. The van der Waals surface area contributed by atoms with Crippen LogP contribution in [-0.4, -0.2) is 29.3 Å². The van der Waals surface area contributed by atoms with Crippen LogP contribution >= 0.6 is 0 Å². The maximum Gasteiger partial charge on any atom is 0.265 e. The molecule has 6 nitrogen and oxygen atoms in total. The molecule has 0 aliphatic heterocycles. The minimum absolute atomic E-state index is 0.250. The van der Waals surface area contributed by atoms with Crippen molar-refractivity contribution in [2.75, 3.05) is 18.9 Å². The summed E-state index contributed by atoms with van der Waals surface area (Å²) in [5, 5.41) is 12.9. The minimum atomic E-state index is -0.709. The molecule has 0 amide bonds. The third kappa shape index (κ3) is 2.73. The molecule has 0 bridgehead atoms. The van der Waals surface area contributed by atoms with E-state index < -0.39 is 17.3 Å². The summed E-state index contributed by atoms with van der Waals surface area (Å²) in [6.45, 7) is 1.07. The van der Waals surface area contributed by atoms with E-state index in [1.165, 1.54) is 0 Å². The fourth-order valence-corrected chi connectivity index (χ4v) is 1.17. The number of carbonyl (C=O) groups excluding carboxylic acids is 1. The van der Waals surface area contributed by atoms with Crippen LogP contribution in [0.25, 0.3) is 0 Å². The third-order valence-corrected chi connectivity index (χ3v) is 1.84. The van der Waals surface area contributed by atoms with Crippen LogP contribution in [0.15, 0.2) is 12.1 Å². The zero-order valence-corrected chi connectivity index (χ0v) is 8.48. The summed E-state index contributed by atoms with van der Waals surface area (Å²) in [5.41, 5.74) is 0.997. The van der Waals surface area contributed by atoms with Gasteiger partial charge in [0.2, 0.25) is 5.78 Å². The van der Waals surface area contributed by atoms with Crippen molar-refractivity contribution >= 4 is 11.6 Å². The van der Waals surface area contributed by atoms with E-state index in [-0.39, 0.29) is 5.56 Å². The average Bonchev–Trinajstić information content (AvgIpc) is 2.16. The summed E-state index contributed by atoms with van der Waals surface area (Å²) in [6, 6.07) is 3.19. The van der Waals surface area contributed by atoms with Gasteiger partial charge in [-0.1, -0.05) is 0 Å². The Labute approximate surface area is 86.5 Å². The number of anilines is 1. The lowest BCUT2D eigenvalue weighted by atomic mass is 10.1. The molecule has 0 saturated heterocycles. The molecule has 1 N–H and O–H groups in total. The second kappa shape index (κ2) is 4.50. The molecule has 0 aromatic carbocycles. The zero-order valence-electron chi connectivity index (χ0n) is 8.48. The molecular weight excluding hydrogens is 198 g/mol. The van der Waals surface area contributed by atoms with E-state index in [4.69, 9.17) is 0 Å². The van der Waals surface area contributed by atoms with Gasteiger partial charge in [0.15, 0.2) is 0 Å². The molecule has 1 aromatic rings. The van der Waals surface area contributed by atoms with E-state index in [1.807, 2.05) is 0 Å². The quantitative estimate of drug-likeness (QED) is 0.452. The van der Waals surface area contributed by atoms with E-state index in [1.54, 1.807) is 26.1 Å². The first-order chi connectivity index (χ1) is 7.04. The average molecular weight is 209 g/mol. The summed E-state index contributed by atoms with van der Waals surface area (Å²) < 4.78 is 0. The highest BCUT2D eigenvalue weighted by Crippen LogP contribution is 2.13. The zero-order chi connectivity index (χ0) is 11.4. The number of hydrogen-bond acceptors (Lipinski definition) is 5. The van der Waals surface area contributed by atoms with Gasteiger partial charge in [0.25, 0.3) is 6.54 Å². The highest BCUT2D eigenvalue weighted by atomic mass is 16.6. The molecule has 1 aromatic heterocycles. The Morgan fingerprint density at radius 3 is 2.80 bits per heavy atom. The predicted molar refractivity (Wildman–Crippen MR) is 54.7 cm³/mol. The Kier molecular flexibility index (Phi) is 3.33. The molecule has 0 aliphatic rings. The summed E-state index contributed by atoms with van der Waals surface area (Å²) in [4.78, 5) is 25.0. The van der Waals surface area contributed by atoms with Crippen LogP contribution in [0.2, 0.25) is 0 Å². The van der Waals surface area contributed by atoms with Gasteiger partial charge in [0, 0.05) is 17.7 Å². The van der Waals surface area contributed by atoms with Gasteiger partial charge in [-0.15, -0.1) is 0 Å². The topological polar surface area (TPSA) is 85.1 Å². The molecule has 0 unspecified atom stereocenters. The van der Waals surface area contributed by atoms with Crippen LogP contribution in [0.1, 0.15) is 16.1 Å². The van der Waals surface area contributed by atoms with E-state index in [0.29, 0.717) is 5.82 Å². The van der Waals surface area contributed by atoms with Crippen LogP contribution in [0.5, 0.6) is 0 Å². The number of Topliss-reactive ketones (excluding diaryl/α,β-unsaturated/α-hetero) is 1. The van der Waals surface area contributed by atoms with E-state index >= 15 is 0 Å². The van der Waals surface area contributed by atoms with Gasteiger partial charge in [-0.3, -0.25) is 14.9 Å². The molecule has 0 spiro atoms. The largest absolute Gasteiger partial charge is 0.373 e. The molecule has 0 atom stereocenters. The Morgan fingerprint density at radius 1 is 1.60 bits per heavy atom. The van der Waals surface area contributed by atoms with Crippen molar-refractivity contribution in [2.24, 2.45) is 0 Å². The first-order valence-corrected chi connectivity index (χ1v) is 4.35. The molecule has 0 aliphatic carbocycles. The summed E-state index contributed by atoms with van der Waals surface area (Å²) >= 11 is 0. The maximum absolute atomic E-state index is 11.4. The highest BCUT2D eigenvalue weighted by Gasteiger charge is 2.16. The van der Waals surface area contributed by atoms with Crippen molar-refractivity contribution < 1.29 is 9.72 Å². The normalized spacial score (nSPS) is 9.73. The molecular formula is C9H11N3O3. The van der Waals surface area contributed by atoms with Crippen molar-refractivity contribution in [2.45, 2.75) is 6.92 Å². The Hall–Kier alpha value is -1.98. The van der Waals surface area contributed by atoms with Gasteiger partial charge in [-0.05, 0) is 19.1 Å². The minimum Gasteiger partial charge on any atom is -0.373 e. The van der Waals surface area contributed by atoms with Gasteiger partial charge in [0.1, 0.15) is 5.82 Å². The van der Waals surface area contributed by atoms with Crippen LogP contribution in [0, 0.1) is 17.0 Å². The molecule has 0 fully saturated rings. The second-order valence-corrected chi connectivity index (χ2v) is 3.01. The number of nitrogens with zero attached hydrogens (tertiary/aromatic N) is 2. The van der Waals surface area contributed by atoms with Crippen molar-refractivity contribution in [3.8, 4) is 0 Å². The van der Waals surface area contributed by atoms with Crippen LogP contribution in [-0.2, 0) is 0 Å². The lowest BCUT2D eigenvalue weighted by Crippen LogP contribution is -2.16. The van der Waals surface area contributed by atoms with Crippen LogP contribution in [0.4, 0.5) is 5.82 Å². The standard InChI is InChI=1S/C9H11N3O3/c1-6-3-4-7(9(10-2)11-6)8(13)5-12(14)15/h3-4H,5H2,1-2H3,(H,10,11). The monoisotopic (exact) mass is 209 g/mol. The van der Waals surface area contributed by atoms with Gasteiger partial charge in [-0.2, -0.15) is 0 Å². The predicted octanol–water partition coefficient (Wildman–Crippen LogP) is 0.891. The summed E-state index contributed by atoms with van der Waals surface area (Å²) in [7, 11) is 1.62. The molecule has 6 heteroatoms. The molecule has 0 saturated carbocycles. The number of nitro groups is 1. The van der Waals surface area contributed by atoms with E-state index in [2.05, 4.69) is 10.3 Å².